The van der Waals surface area contributed by atoms with Crippen LogP contribution in [0.25, 0.3) is 11.3 Å². The third kappa shape index (κ3) is 3.34. The Kier molecular flexibility index (Phi) is 4.90. The van der Waals surface area contributed by atoms with E-state index in [4.69, 9.17) is 0 Å². The standard InChI is InChI=1S/C23H25FN4OS/c1-22(15-29)12-20-26-27-21(28(20)10-11-30-22)23(8-9-23)18-5-3-17(4-6-18)19-7-2-16(13-24)14-25-19/h2-7,14,29H,8-13,15H2,1H3. The minimum Gasteiger partial charge on any atom is -0.395 e. The maximum atomic E-state index is 12.7. The van der Waals surface area contributed by atoms with Crippen LogP contribution in [0.4, 0.5) is 4.39 Å². The van der Waals surface area contributed by atoms with Crippen molar-refractivity contribution in [2.75, 3.05) is 12.4 Å². The molecule has 1 atom stereocenters. The molecular formula is C23H25FN4OS. The number of hydrogen-bond donors (Lipinski definition) is 1. The quantitative estimate of drug-likeness (QED) is 0.672. The Balaban J connectivity index is 1.44. The first-order chi connectivity index (χ1) is 14.6. The fourth-order valence-corrected chi connectivity index (χ4v) is 5.42. The number of hydrogen-bond acceptors (Lipinski definition) is 5. The van der Waals surface area contributed by atoms with Crippen molar-refractivity contribution in [2.24, 2.45) is 0 Å². The SMILES string of the molecule is CC1(CO)Cc2nnc(C3(c4ccc(-c5ccc(CF)cn5)cc4)CC3)n2CCS1. The second-order valence-electron chi connectivity index (χ2n) is 8.57. The predicted molar refractivity (Wildman–Crippen MR) is 116 cm³/mol. The molecule has 7 heteroatoms. The molecule has 156 valence electrons. The summed E-state index contributed by atoms with van der Waals surface area (Å²) >= 11 is 1.82. The Bertz CT molecular complexity index is 1050. The maximum absolute atomic E-state index is 12.7. The zero-order valence-electron chi connectivity index (χ0n) is 17.0. The third-order valence-corrected chi connectivity index (χ3v) is 7.71. The third-order valence-electron chi connectivity index (χ3n) is 6.35. The van der Waals surface area contributed by atoms with E-state index in [0.717, 1.165) is 54.5 Å². The van der Waals surface area contributed by atoms with Crippen LogP contribution in [0, 0.1) is 0 Å². The highest BCUT2D eigenvalue weighted by Crippen LogP contribution is 2.53. The summed E-state index contributed by atoms with van der Waals surface area (Å²) in [7, 11) is 0. The fourth-order valence-electron chi connectivity index (χ4n) is 4.33. The van der Waals surface area contributed by atoms with Gasteiger partial charge in [0.2, 0.25) is 0 Å². The van der Waals surface area contributed by atoms with Gasteiger partial charge in [0, 0.05) is 40.8 Å². The van der Waals surface area contributed by atoms with Crippen molar-refractivity contribution in [3.8, 4) is 11.3 Å². The highest BCUT2D eigenvalue weighted by atomic mass is 32.2. The van der Waals surface area contributed by atoms with Gasteiger partial charge in [-0.25, -0.2) is 4.39 Å². The maximum Gasteiger partial charge on any atom is 0.143 e. The van der Waals surface area contributed by atoms with Crippen LogP contribution in [0.15, 0.2) is 42.6 Å². The van der Waals surface area contributed by atoms with Crippen LogP contribution >= 0.6 is 11.8 Å². The second kappa shape index (κ2) is 7.46. The first-order valence-electron chi connectivity index (χ1n) is 10.4. The van der Waals surface area contributed by atoms with E-state index in [0.29, 0.717) is 5.56 Å². The van der Waals surface area contributed by atoms with Crippen LogP contribution in [0.3, 0.4) is 0 Å². The average molecular weight is 425 g/mol. The summed E-state index contributed by atoms with van der Waals surface area (Å²) < 4.78 is 14.8. The van der Waals surface area contributed by atoms with Crippen molar-refractivity contribution in [3.05, 3.63) is 65.4 Å². The molecule has 2 aliphatic rings. The van der Waals surface area contributed by atoms with E-state index in [1.54, 1.807) is 12.3 Å². The number of benzene rings is 1. The number of thioether (sulfide) groups is 1. The highest BCUT2D eigenvalue weighted by molar-refractivity contribution is 8.00. The minimum absolute atomic E-state index is 0.0695. The number of rotatable bonds is 5. The highest BCUT2D eigenvalue weighted by Gasteiger charge is 2.50. The lowest BCUT2D eigenvalue weighted by Crippen LogP contribution is -2.28. The van der Waals surface area contributed by atoms with Gasteiger partial charge in [0.25, 0.3) is 0 Å². The van der Waals surface area contributed by atoms with Crippen LogP contribution < -0.4 is 0 Å². The lowest BCUT2D eigenvalue weighted by Gasteiger charge is -2.23. The lowest BCUT2D eigenvalue weighted by atomic mass is 9.93. The molecule has 0 saturated heterocycles. The van der Waals surface area contributed by atoms with Crippen molar-refractivity contribution in [3.63, 3.8) is 0 Å². The van der Waals surface area contributed by atoms with Gasteiger partial charge in [-0.05, 0) is 31.4 Å². The van der Waals surface area contributed by atoms with Gasteiger partial charge in [0.05, 0.1) is 17.7 Å². The molecule has 1 unspecified atom stereocenters. The van der Waals surface area contributed by atoms with E-state index < -0.39 is 6.67 Å². The largest absolute Gasteiger partial charge is 0.395 e. The molecule has 1 aliphatic carbocycles. The summed E-state index contributed by atoms with van der Waals surface area (Å²) in [6.45, 7) is 2.63. The molecule has 0 amide bonds. The van der Waals surface area contributed by atoms with Crippen LogP contribution in [-0.4, -0.2) is 42.0 Å². The van der Waals surface area contributed by atoms with Gasteiger partial charge in [-0.1, -0.05) is 30.3 Å². The number of aliphatic hydroxyl groups excluding tert-OH is 1. The van der Waals surface area contributed by atoms with Crippen molar-refractivity contribution < 1.29 is 9.50 Å². The van der Waals surface area contributed by atoms with Gasteiger partial charge in [-0.2, -0.15) is 11.8 Å². The Labute approximate surface area is 179 Å². The molecule has 5 nitrogen and oxygen atoms in total. The molecule has 3 aromatic rings. The Morgan fingerprint density at radius 1 is 1.13 bits per heavy atom. The molecular weight excluding hydrogens is 399 g/mol. The number of alkyl halides is 1. The van der Waals surface area contributed by atoms with Crippen LogP contribution in [0.2, 0.25) is 0 Å². The van der Waals surface area contributed by atoms with E-state index >= 15 is 0 Å². The molecule has 5 rings (SSSR count). The van der Waals surface area contributed by atoms with Crippen LogP contribution in [0.1, 0.15) is 42.5 Å². The van der Waals surface area contributed by atoms with Crippen LogP contribution in [0.5, 0.6) is 0 Å². The summed E-state index contributed by atoms with van der Waals surface area (Å²) in [5.74, 6) is 2.98. The van der Waals surface area contributed by atoms with Crippen LogP contribution in [-0.2, 0) is 25.1 Å². The average Bonchev–Trinajstić information content (AvgIpc) is 3.53. The zero-order chi connectivity index (χ0) is 20.8. The molecule has 1 aromatic carbocycles. The summed E-state index contributed by atoms with van der Waals surface area (Å²) in [5, 5.41) is 19.0. The number of nitrogens with zero attached hydrogens (tertiary/aromatic N) is 4. The van der Waals surface area contributed by atoms with E-state index in [1.165, 1.54) is 5.56 Å². The summed E-state index contributed by atoms with van der Waals surface area (Å²) in [5.41, 5.74) is 3.65. The van der Waals surface area contributed by atoms with Gasteiger partial charge in [0.15, 0.2) is 0 Å². The monoisotopic (exact) mass is 424 g/mol. The van der Waals surface area contributed by atoms with Gasteiger partial charge in [-0.15, -0.1) is 10.2 Å². The Morgan fingerprint density at radius 2 is 1.93 bits per heavy atom. The first-order valence-corrected chi connectivity index (χ1v) is 11.3. The molecule has 1 aliphatic heterocycles. The lowest BCUT2D eigenvalue weighted by molar-refractivity contribution is 0.254. The van der Waals surface area contributed by atoms with E-state index in [-0.39, 0.29) is 16.8 Å². The van der Waals surface area contributed by atoms with Gasteiger partial charge < -0.3 is 9.67 Å². The predicted octanol–water partition coefficient (Wildman–Crippen LogP) is 3.93. The summed E-state index contributed by atoms with van der Waals surface area (Å²) in [6, 6.07) is 12.2. The molecule has 0 bridgehead atoms. The van der Waals surface area contributed by atoms with Crippen molar-refractivity contribution in [1.29, 1.82) is 0 Å². The van der Waals surface area contributed by atoms with Crippen molar-refractivity contribution in [1.82, 2.24) is 19.7 Å². The van der Waals surface area contributed by atoms with E-state index in [2.05, 4.69) is 50.9 Å². The molecule has 3 heterocycles. The number of pyridine rings is 1. The molecule has 1 fully saturated rings. The normalized spacial score (nSPS) is 22.4. The number of fused-ring (bicyclic) bond motifs is 1. The molecule has 30 heavy (non-hydrogen) atoms. The summed E-state index contributed by atoms with van der Waals surface area (Å²) in [4.78, 5) is 4.38. The van der Waals surface area contributed by atoms with Gasteiger partial charge >= 0.3 is 0 Å². The smallest absolute Gasteiger partial charge is 0.143 e. The second-order valence-corrected chi connectivity index (χ2v) is 10.3. The number of aliphatic hydroxyl groups is 1. The molecule has 1 N–H and O–H groups in total. The Morgan fingerprint density at radius 3 is 2.57 bits per heavy atom. The molecule has 2 aromatic heterocycles. The topological polar surface area (TPSA) is 63.8 Å². The molecule has 0 radical (unpaired) electrons. The number of halogens is 1. The zero-order valence-corrected chi connectivity index (χ0v) is 17.8. The van der Waals surface area contributed by atoms with Gasteiger partial charge in [0.1, 0.15) is 18.3 Å². The van der Waals surface area contributed by atoms with E-state index in [1.807, 2.05) is 17.8 Å². The molecule has 0 spiro atoms. The summed E-state index contributed by atoms with van der Waals surface area (Å²) in [6.07, 6.45) is 4.46. The minimum atomic E-state index is -0.493. The molecule has 1 saturated carbocycles. The van der Waals surface area contributed by atoms with Crippen molar-refractivity contribution in [2.45, 2.75) is 49.6 Å². The van der Waals surface area contributed by atoms with E-state index in [9.17, 15) is 9.50 Å². The first kappa shape index (κ1) is 19.7. The fraction of sp³-hybridized carbons (Fsp3) is 0.435. The van der Waals surface area contributed by atoms with Gasteiger partial charge in [-0.3, -0.25) is 4.98 Å². The Hall–Kier alpha value is -2.25. The number of aromatic nitrogens is 4. The van der Waals surface area contributed by atoms with Crippen molar-refractivity contribution >= 4 is 11.8 Å².